The first-order chi connectivity index (χ1) is 11.0. The maximum atomic E-state index is 11.7. The number of halogens is 2. The number of hydrogen-bond donors (Lipinski definition) is 0. The minimum Gasteiger partial charge on any atom is -0.490 e. The second kappa shape index (κ2) is 10.1. The second-order valence-electron chi connectivity index (χ2n) is 6.11. The number of likely N-dealkylation sites (tertiary alicyclic amines) is 1. The third-order valence-electron chi connectivity index (χ3n) is 4.24. The standard InChI is InChI=1S/C18H26ClNO3.ClH/c1-4-22-18(21)15-5-7-20(8-6-15)9-10-23-17-14(3)11-13(2)12-16(17)19;/h11-12,15H,4-10H2,1-3H3;1H. The minimum atomic E-state index is -0.0505. The highest BCUT2D eigenvalue weighted by Crippen LogP contribution is 2.29. The molecule has 0 aromatic heterocycles. The molecule has 0 radical (unpaired) electrons. The fourth-order valence-electron chi connectivity index (χ4n) is 3.01. The average molecular weight is 376 g/mol. The van der Waals surface area contributed by atoms with Crippen molar-refractivity contribution in [2.75, 3.05) is 32.8 Å². The van der Waals surface area contributed by atoms with Gasteiger partial charge < -0.3 is 9.47 Å². The van der Waals surface area contributed by atoms with Crippen LogP contribution in [0.25, 0.3) is 0 Å². The molecule has 1 aromatic rings. The van der Waals surface area contributed by atoms with Gasteiger partial charge in [0.25, 0.3) is 0 Å². The minimum absolute atomic E-state index is 0. The summed E-state index contributed by atoms with van der Waals surface area (Å²) in [7, 11) is 0. The Morgan fingerprint density at radius 3 is 2.54 bits per heavy atom. The maximum absolute atomic E-state index is 11.7. The van der Waals surface area contributed by atoms with Gasteiger partial charge in [-0.1, -0.05) is 17.7 Å². The Morgan fingerprint density at radius 1 is 1.29 bits per heavy atom. The molecule has 0 bridgehead atoms. The zero-order valence-corrected chi connectivity index (χ0v) is 16.2. The summed E-state index contributed by atoms with van der Waals surface area (Å²) in [5.74, 6) is 0.782. The molecular formula is C18H27Cl2NO3. The summed E-state index contributed by atoms with van der Waals surface area (Å²) < 4.78 is 11.0. The molecule has 136 valence electrons. The molecule has 1 saturated heterocycles. The van der Waals surface area contributed by atoms with Crippen molar-refractivity contribution in [2.45, 2.75) is 33.6 Å². The van der Waals surface area contributed by atoms with Crippen molar-refractivity contribution >= 4 is 30.0 Å². The van der Waals surface area contributed by atoms with Crippen molar-refractivity contribution in [2.24, 2.45) is 5.92 Å². The summed E-state index contributed by atoms with van der Waals surface area (Å²) in [6, 6.07) is 4.00. The van der Waals surface area contributed by atoms with E-state index in [1.807, 2.05) is 26.8 Å². The number of rotatable bonds is 6. The lowest BCUT2D eigenvalue weighted by Gasteiger charge is -2.30. The first-order valence-corrected chi connectivity index (χ1v) is 8.67. The summed E-state index contributed by atoms with van der Waals surface area (Å²) in [6.45, 7) is 9.62. The zero-order chi connectivity index (χ0) is 16.8. The van der Waals surface area contributed by atoms with Gasteiger partial charge in [-0.05, 0) is 63.9 Å². The summed E-state index contributed by atoms with van der Waals surface area (Å²) >= 11 is 6.25. The number of carbonyl (C=O) groups is 1. The van der Waals surface area contributed by atoms with Crippen LogP contribution in [0.2, 0.25) is 5.02 Å². The Labute approximate surface area is 155 Å². The SMILES string of the molecule is CCOC(=O)C1CCN(CCOc2c(C)cc(C)cc2Cl)CC1.Cl. The van der Waals surface area contributed by atoms with Crippen molar-refractivity contribution in [3.63, 3.8) is 0 Å². The second-order valence-corrected chi connectivity index (χ2v) is 6.52. The fourth-order valence-corrected chi connectivity index (χ4v) is 3.39. The van der Waals surface area contributed by atoms with Crippen LogP contribution in [0.15, 0.2) is 12.1 Å². The molecule has 0 atom stereocenters. The van der Waals surface area contributed by atoms with Gasteiger partial charge in [0.15, 0.2) is 0 Å². The molecule has 1 heterocycles. The molecule has 0 aliphatic carbocycles. The molecule has 0 unspecified atom stereocenters. The van der Waals surface area contributed by atoms with Crippen molar-refractivity contribution < 1.29 is 14.3 Å². The van der Waals surface area contributed by atoms with E-state index >= 15 is 0 Å². The Bertz CT molecular complexity index is 520. The Balaban J connectivity index is 0.00000288. The van der Waals surface area contributed by atoms with E-state index < -0.39 is 0 Å². The van der Waals surface area contributed by atoms with Crippen molar-refractivity contribution in [3.05, 3.63) is 28.3 Å². The van der Waals surface area contributed by atoms with Crippen LogP contribution < -0.4 is 4.74 Å². The largest absolute Gasteiger partial charge is 0.490 e. The van der Waals surface area contributed by atoms with Gasteiger partial charge in [0.1, 0.15) is 12.4 Å². The van der Waals surface area contributed by atoms with E-state index in [9.17, 15) is 4.79 Å². The summed E-state index contributed by atoms with van der Waals surface area (Å²) in [5, 5.41) is 0.670. The monoisotopic (exact) mass is 375 g/mol. The Kier molecular flexibility index (Phi) is 8.88. The third-order valence-corrected chi connectivity index (χ3v) is 4.52. The van der Waals surface area contributed by atoms with Crippen LogP contribution in [0.4, 0.5) is 0 Å². The molecule has 1 aliphatic heterocycles. The van der Waals surface area contributed by atoms with E-state index in [1.165, 1.54) is 0 Å². The number of benzene rings is 1. The smallest absolute Gasteiger partial charge is 0.309 e. The predicted molar refractivity (Wildman–Crippen MR) is 99.5 cm³/mol. The number of hydrogen-bond acceptors (Lipinski definition) is 4. The molecule has 0 saturated carbocycles. The van der Waals surface area contributed by atoms with Gasteiger partial charge in [-0.15, -0.1) is 12.4 Å². The maximum Gasteiger partial charge on any atom is 0.309 e. The van der Waals surface area contributed by atoms with Crippen molar-refractivity contribution in [1.29, 1.82) is 0 Å². The van der Waals surface area contributed by atoms with E-state index in [2.05, 4.69) is 11.0 Å². The lowest BCUT2D eigenvalue weighted by molar-refractivity contribution is -0.149. The molecule has 0 spiro atoms. The highest BCUT2D eigenvalue weighted by atomic mass is 35.5. The molecule has 4 nitrogen and oxygen atoms in total. The Hall–Kier alpha value is -0.970. The number of carbonyl (C=O) groups excluding carboxylic acids is 1. The molecule has 1 fully saturated rings. The van der Waals surface area contributed by atoms with Crippen LogP contribution in [0, 0.1) is 19.8 Å². The number of aryl methyl sites for hydroxylation is 2. The van der Waals surface area contributed by atoms with E-state index in [4.69, 9.17) is 21.1 Å². The lowest BCUT2D eigenvalue weighted by atomic mass is 9.97. The van der Waals surface area contributed by atoms with Gasteiger partial charge in [0.05, 0.1) is 17.5 Å². The topological polar surface area (TPSA) is 38.8 Å². The molecular weight excluding hydrogens is 349 g/mol. The molecule has 0 N–H and O–H groups in total. The summed E-state index contributed by atoms with van der Waals surface area (Å²) in [6.07, 6.45) is 1.73. The van der Waals surface area contributed by atoms with Crippen LogP contribution in [0.5, 0.6) is 5.75 Å². The quantitative estimate of drug-likeness (QED) is 0.703. The number of nitrogens with zero attached hydrogens (tertiary/aromatic N) is 1. The molecule has 1 aliphatic rings. The van der Waals surface area contributed by atoms with Gasteiger partial charge in [-0.3, -0.25) is 9.69 Å². The van der Waals surface area contributed by atoms with Gasteiger partial charge in [0.2, 0.25) is 0 Å². The van der Waals surface area contributed by atoms with Crippen LogP contribution in [-0.2, 0) is 9.53 Å². The number of esters is 1. The fraction of sp³-hybridized carbons (Fsp3) is 0.611. The number of ether oxygens (including phenoxy) is 2. The Morgan fingerprint density at radius 2 is 1.96 bits per heavy atom. The first kappa shape index (κ1) is 21.1. The normalized spacial score (nSPS) is 15.7. The first-order valence-electron chi connectivity index (χ1n) is 8.29. The van der Waals surface area contributed by atoms with E-state index in [0.717, 1.165) is 49.4 Å². The zero-order valence-electron chi connectivity index (χ0n) is 14.6. The van der Waals surface area contributed by atoms with Crippen LogP contribution >= 0.6 is 24.0 Å². The molecule has 1 aromatic carbocycles. The highest BCUT2D eigenvalue weighted by Gasteiger charge is 2.25. The predicted octanol–water partition coefficient (Wildman–Crippen LogP) is 4.03. The van der Waals surface area contributed by atoms with Gasteiger partial charge in [0, 0.05) is 6.54 Å². The van der Waals surface area contributed by atoms with Crippen LogP contribution in [0.3, 0.4) is 0 Å². The van der Waals surface area contributed by atoms with Gasteiger partial charge in [-0.2, -0.15) is 0 Å². The summed E-state index contributed by atoms with van der Waals surface area (Å²) in [4.78, 5) is 14.1. The summed E-state index contributed by atoms with van der Waals surface area (Å²) in [5.41, 5.74) is 2.21. The van der Waals surface area contributed by atoms with Crippen molar-refractivity contribution in [1.82, 2.24) is 4.90 Å². The van der Waals surface area contributed by atoms with Gasteiger partial charge >= 0.3 is 5.97 Å². The number of piperidine rings is 1. The van der Waals surface area contributed by atoms with E-state index in [-0.39, 0.29) is 24.3 Å². The molecule has 0 amide bonds. The van der Waals surface area contributed by atoms with Crippen LogP contribution in [-0.4, -0.2) is 43.7 Å². The molecule has 2 rings (SSSR count). The lowest BCUT2D eigenvalue weighted by Crippen LogP contribution is -2.39. The van der Waals surface area contributed by atoms with Gasteiger partial charge in [-0.25, -0.2) is 0 Å². The average Bonchev–Trinajstić information content (AvgIpc) is 2.50. The van der Waals surface area contributed by atoms with Crippen LogP contribution in [0.1, 0.15) is 30.9 Å². The molecule has 6 heteroatoms. The third kappa shape index (κ3) is 5.83. The highest BCUT2D eigenvalue weighted by molar-refractivity contribution is 6.32. The molecule has 24 heavy (non-hydrogen) atoms. The van der Waals surface area contributed by atoms with Crippen molar-refractivity contribution in [3.8, 4) is 5.75 Å². The van der Waals surface area contributed by atoms with E-state index in [1.54, 1.807) is 0 Å². The van der Waals surface area contributed by atoms with E-state index in [0.29, 0.717) is 18.2 Å².